The molecule has 0 saturated carbocycles. The Morgan fingerprint density at radius 3 is 1.75 bits per heavy atom. The number of nitrogens with zero attached hydrogens (tertiary/aromatic N) is 1. The quantitative estimate of drug-likeness (QED) is 0.251. The molecule has 182 valence electrons. The predicted molar refractivity (Wildman–Crippen MR) is 141 cm³/mol. The first-order valence-corrected chi connectivity index (χ1v) is 12.5. The van der Waals surface area contributed by atoms with E-state index in [1.807, 2.05) is 48.5 Å². The average molecular weight is 478 g/mol. The van der Waals surface area contributed by atoms with Gasteiger partial charge in [0.25, 0.3) is 0 Å². The molecule has 0 aliphatic carbocycles. The molecule has 0 bridgehead atoms. The molecule has 36 heavy (non-hydrogen) atoms. The lowest BCUT2D eigenvalue weighted by Crippen LogP contribution is -2.48. The van der Waals surface area contributed by atoms with Gasteiger partial charge in [-0.05, 0) is 28.8 Å². The van der Waals surface area contributed by atoms with Crippen LogP contribution in [0.1, 0.15) is 33.2 Å². The SMILES string of the molecule is O=C(O[C@H](CN(Cc1ccccc1)Cc1ccccc1)[C@H]1CO[C@@H]1c1ccccc1)c1ccccc1. The lowest BCUT2D eigenvalue weighted by Gasteiger charge is -2.43. The number of benzene rings is 4. The fraction of sp³-hybridized carbons (Fsp3) is 0.219. The Kier molecular flexibility index (Phi) is 7.86. The molecule has 0 amide bonds. The Bertz CT molecular complexity index is 1170. The van der Waals surface area contributed by atoms with E-state index in [4.69, 9.17) is 9.47 Å². The molecule has 3 atom stereocenters. The molecule has 4 aromatic carbocycles. The molecule has 1 aliphatic heterocycles. The lowest BCUT2D eigenvalue weighted by atomic mass is 9.86. The summed E-state index contributed by atoms with van der Waals surface area (Å²) in [5.41, 5.74) is 4.14. The third kappa shape index (κ3) is 6.09. The molecule has 1 heterocycles. The fourth-order valence-electron chi connectivity index (χ4n) is 4.75. The average Bonchev–Trinajstić information content (AvgIpc) is 2.90. The second-order valence-corrected chi connectivity index (χ2v) is 9.28. The Morgan fingerprint density at radius 1 is 0.750 bits per heavy atom. The highest BCUT2D eigenvalue weighted by molar-refractivity contribution is 5.89. The van der Waals surface area contributed by atoms with Crippen LogP contribution in [-0.4, -0.2) is 30.1 Å². The number of carbonyl (C=O) groups excluding carboxylic acids is 1. The maximum Gasteiger partial charge on any atom is 0.338 e. The molecule has 5 rings (SSSR count). The number of esters is 1. The van der Waals surface area contributed by atoms with E-state index in [2.05, 4.69) is 65.6 Å². The van der Waals surface area contributed by atoms with Gasteiger partial charge in [-0.25, -0.2) is 4.79 Å². The van der Waals surface area contributed by atoms with Crippen molar-refractivity contribution in [2.24, 2.45) is 5.92 Å². The molecule has 1 saturated heterocycles. The van der Waals surface area contributed by atoms with Crippen molar-refractivity contribution in [2.75, 3.05) is 13.2 Å². The van der Waals surface area contributed by atoms with Crippen LogP contribution in [0.5, 0.6) is 0 Å². The summed E-state index contributed by atoms with van der Waals surface area (Å²) in [5, 5.41) is 0. The Balaban J connectivity index is 1.41. The Morgan fingerprint density at radius 2 is 1.25 bits per heavy atom. The minimum absolute atomic E-state index is 0.0779. The standard InChI is InChI=1S/C32H31NO3/c34-32(28-19-11-4-12-20-28)36-30(29-24-35-31(29)27-17-9-3-10-18-27)23-33(21-25-13-5-1-6-14-25)22-26-15-7-2-8-16-26/h1-20,29-31H,21-24H2/t29-,30-,31-/m1/s1. The second-order valence-electron chi connectivity index (χ2n) is 9.28. The first kappa shape index (κ1) is 24.0. The summed E-state index contributed by atoms with van der Waals surface area (Å²) in [6.07, 6.45) is -0.404. The molecule has 0 radical (unpaired) electrons. The lowest BCUT2D eigenvalue weighted by molar-refractivity contribution is -0.166. The van der Waals surface area contributed by atoms with Crippen LogP contribution < -0.4 is 0 Å². The van der Waals surface area contributed by atoms with Gasteiger partial charge in [0, 0.05) is 19.6 Å². The van der Waals surface area contributed by atoms with Crippen molar-refractivity contribution >= 4 is 5.97 Å². The summed E-state index contributed by atoms with van der Waals surface area (Å²) in [6, 6.07) is 40.3. The van der Waals surface area contributed by atoms with Crippen molar-refractivity contribution in [1.29, 1.82) is 0 Å². The number of hydrogen-bond acceptors (Lipinski definition) is 4. The molecule has 0 spiro atoms. The maximum absolute atomic E-state index is 13.2. The summed E-state index contributed by atoms with van der Waals surface area (Å²) < 4.78 is 12.2. The molecule has 0 aromatic heterocycles. The fourth-order valence-corrected chi connectivity index (χ4v) is 4.75. The molecule has 4 aromatic rings. The van der Waals surface area contributed by atoms with Gasteiger partial charge in [-0.3, -0.25) is 4.90 Å². The normalized spacial score (nSPS) is 17.8. The first-order chi connectivity index (χ1) is 17.8. The van der Waals surface area contributed by atoms with Crippen LogP contribution in [0.4, 0.5) is 0 Å². The smallest absolute Gasteiger partial charge is 0.338 e. The summed E-state index contributed by atoms with van der Waals surface area (Å²) in [4.78, 5) is 15.5. The van der Waals surface area contributed by atoms with E-state index in [1.54, 1.807) is 12.1 Å². The van der Waals surface area contributed by atoms with Crippen molar-refractivity contribution in [1.82, 2.24) is 4.90 Å². The van der Waals surface area contributed by atoms with Gasteiger partial charge < -0.3 is 9.47 Å². The van der Waals surface area contributed by atoms with E-state index in [-0.39, 0.29) is 24.1 Å². The van der Waals surface area contributed by atoms with Crippen LogP contribution >= 0.6 is 0 Å². The van der Waals surface area contributed by atoms with Gasteiger partial charge in [-0.2, -0.15) is 0 Å². The minimum atomic E-state index is -0.316. The van der Waals surface area contributed by atoms with Crippen LogP contribution in [0.2, 0.25) is 0 Å². The molecule has 0 N–H and O–H groups in total. The van der Waals surface area contributed by atoms with Crippen molar-refractivity contribution in [2.45, 2.75) is 25.3 Å². The van der Waals surface area contributed by atoms with Gasteiger partial charge in [-0.1, -0.05) is 109 Å². The van der Waals surface area contributed by atoms with E-state index < -0.39 is 0 Å². The van der Waals surface area contributed by atoms with Crippen LogP contribution in [0.15, 0.2) is 121 Å². The molecule has 1 aliphatic rings. The monoisotopic (exact) mass is 477 g/mol. The molecule has 1 fully saturated rings. The summed E-state index contributed by atoms with van der Waals surface area (Å²) in [5.74, 6) is -0.215. The van der Waals surface area contributed by atoms with Crippen molar-refractivity contribution in [3.8, 4) is 0 Å². The highest BCUT2D eigenvalue weighted by atomic mass is 16.6. The second kappa shape index (κ2) is 11.8. The number of carbonyl (C=O) groups is 1. The van der Waals surface area contributed by atoms with E-state index in [1.165, 1.54) is 11.1 Å². The summed E-state index contributed by atoms with van der Waals surface area (Å²) in [6.45, 7) is 2.70. The van der Waals surface area contributed by atoms with E-state index >= 15 is 0 Å². The zero-order valence-corrected chi connectivity index (χ0v) is 20.3. The molecule has 4 heteroatoms. The molecular weight excluding hydrogens is 446 g/mol. The number of hydrogen-bond donors (Lipinski definition) is 0. The highest BCUT2D eigenvalue weighted by Crippen LogP contribution is 2.39. The summed E-state index contributed by atoms with van der Waals surface area (Å²) in [7, 11) is 0. The van der Waals surface area contributed by atoms with Crippen LogP contribution in [-0.2, 0) is 22.6 Å². The van der Waals surface area contributed by atoms with Crippen molar-refractivity contribution in [3.63, 3.8) is 0 Å². The third-order valence-corrected chi connectivity index (χ3v) is 6.67. The highest BCUT2D eigenvalue weighted by Gasteiger charge is 2.42. The van der Waals surface area contributed by atoms with Gasteiger partial charge >= 0.3 is 5.97 Å². The van der Waals surface area contributed by atoms with Gasteiger partial charge in [0.2, 0.25) is 0 Å². The van der Waals surface area contributed by atoms with E-state index in [9.17, 15) is 4.79 Å². The van der Waals surface area contributed by atoms with Crippen LogP contribution in [0.25, 0.3) is 0 Å². The Hall–Kier alpha value is -3.73. The zero-order chi connectivity index (χ0) is 24.6. The topological polar surface area (TPSA) is 38.8 Å². The van der Waals surface area contributed by atoms with Gasteiger partial charge in [0.05, 0.1) is 24.2 Å². The molecule has 0 unspecified atom stereocenters. The zero-order valence-electron chi connectivity index (χ0n) is 20.3. The summed E-state index contributed by atoms with van der Waals surface area (Å²) >= 11 is 0. The molecular formula is C32H31NO3. The van der Waals surface area contributed by atoms with Gasteiger partial charge in [0.1, 0.15) is 6.10 Å². The minimum Gasteiger partial charge on any atom is -0.457 e. The van der Waals surface area contributed by atoms with Crippen molar-refractivity contribution < 1.29 is 14.3 Å². The predicted octanol–water partition coefficient (Wildman–Crippen LogP) is 6.30. The van der Waals surface area contributed by atoms with E-state index in [0.29, 0.717) is 18.7 Å². The van der Waals surface area contributed by atoms with Crippen LogP contribution in [0, 0.1) is 5.92 Å². The van der Waals surface area contributed by atoms with E-state index in [0.717, 1.165) is 18.7 Å². The van der Waals surface area contributed by atoms with Gasteiger partial charge in [0.15, 0.2) is 0 Å². The Labute approximate surface area is 213 Å². The first-order valence-electron chi connectivity index (χ1n) is 12.5. The van der Waals surface area contributed by atoms with Gasteiger partial charge in [-0.15, -0.1) is 0 Å². The molecule has 4 nitrogen and oxygen atoms in total. The third-order valence-electron chi connectivity index (χ3n) is 6.67. The van der Waals surface area contributed by atoms with Crippen molar-refractivity contribution in [3.05, 3.63) is 144 Å². The largest absolute Gasteiger partial charge is 0.457 e. The van der Waals surface area contributed by atoms with Crippen LogP contribution in [0.3, 0.4) is 0 Å². The maximum atomic E-state index is 13.2. The number of ether oxygens (including phenoxy) is 2. The number of rotatable bonds is 10.